The van der Waals surface area contributed by atoms with Crippen molar-refractivity contribution in [3.63, 3.8) is 0 Å². The molecule has 0 aliphatic carbocycles. The van der Waals surface area contributed by atoms with Crippen molar-refractivity contribution in [1.29, 1.82) is 0 Å². The number of amides is 1. The summed E-state index contributed by atoms with van der Waals surface area (Å²) in [5.74, 6) is -1.59. The first kappa shape index (κ1) is 16.7. The number of hydrogen-bond donors (Lipinski definition) is 1. The van der Waals surface area contributed by atoms with Crippen LogP contribution < -0.4 is 0 Å². The van der Waals surface area contributed by atoms with Crippen LogP contribution in [0, 0.1) is 12.8 Å². The summed E-state index contributed by atoms with van der Waals surface area (Å²) in [6.45, 7) is 4.82. The zero-order valence-corrected chi connectivity index (χ0v) is 14.7. The molecule has 126 valence electrons. The van der Waals surface area contributed by atoms with Gasteiger partial charge in [-0.1, -0.05) is 37.3 Å². The van der Waals surface area contributed by atoms with Gasteiger partial charge >= 0.3 is 5.97 Å². The van der Waals surface area contributed by atoms with Gasteiger partial charge in [0.1, 0.15) is 0 Å². The number of likely N-dealkylation sites (tertiary alicyclic amines) is 1. The quantitative estimate of drug-likeness (QED) is 0.923. The fourth-order valence-electron chi connectivity index (χ4n) is 3.39. The van der Waals surface area contributed by atoms with Gasteiger partial charge < -0.3 is 10.0 Å². The molecule has 3 rings (SSSR count). The molecule has 0 spiro atoms. The number of benzene rings is 1. The van der Waals surface area contributed by atoms with E-state index in [1.54, 1.807) is 4.90 Å². The number of nitrogens with zero attached hydrogens (tertiary/aromatic N) is 1. The van der Waals surface area contributed by atoms with E-state index >= 15 is 0 Å². The molecule has 1 aromatic heterocycles. The van der Waals surface area contributed by atoms with E-state index in [0.29, 0.717) is 11.4 Å². The van der Waals surface area contributed by atoms with Crippen LogP contribution in [0.1, 0.15) is 38.5 Å². The fourth-order valence-corrected chi connectivity index (χ4v) is 4.47. The zero-order chi connectivity index (χ0) is 17.3. The van der Waals surface area contributed by atoms with Gasteiger partial charge in [0.05, 0.1) is 10.8 Å². The predicted molar refractivity (Wildman–Crippen MR) is 94.6 cm³/mol. The molecule has 0 radical (unpaired) electrons. The van der Waals surface area contributed by atoms with Crippen molar-refractivity contribution < 1.29 is 14.7 Å². The number of carbonyl (C=O) groups excluding carboxylic acids is 1. The Bertz CT molecular complexity index is 753. The van der Waals surface area contributed by atoms with Crippen molar-refractivity contribution in [3.8, 4) is 0 Å². The summed E-state index contributed by atoms with van der Waals surface area (Å²) in [7, 11) is 0. The number of hydrogen-bond acceptors (Lipinski definition) is 3. The Balaban J connectivity index is 1.84. The molecule has 0 bridgehead atoms. The van der Waals surface area contributed by atoms with E-state index in [9.17, 15) is 14.7 Å². The molecule has 1 aromatic carbocycles. The van der Waals surface area contributed by atoms with E-state index in [0.717, 1.165) is 17.5 Å². The minimum atomic E-state index is -0.837. The largest absolute Gasteiger partial charge is 0.481 e. The highest BCUT2D eigenvalue weighted by Gasteiger charge is 2.40. The predicted octanol–water partition coefficient (Wildman–Crippen LogP) is 3.56. The summed E-state index contributed by atoms with van der Waals surface area (Å²) in [4.78, 5) is 28.1. The summed E-state index contributed by atoms with van der Waals surface area (Å²) in [6, 6.07) is 11.6. The lowest BCUT2D eigenvalue weighted by Gasteiger charge is -2.15. The molecule has 24 heavy (non-hydrogen) atoms. The highest BCUT2D eigenvalue weighted by atomic mass is 32.1. The molecule has 1 aliphatic heterocycles. The van der Waals surface area contributed by atoms with Crippen molar-refractivity contribution in [2.75, 3.05) is 13.1 Å². The van der Waals surface area contributed by atoms with Gasteiger partial charge in [-0.25, -0.2) is 0 Å². The molecule has 1 N–H and O–H groups in total. The summed E-state index contributed by atoms with van der Waals surface area (Å²) >= 11 is 1.52. The van der Waals surface area contributed by atoms with Crippen LogP contribution in [-0.4, -0.2) is 35.0 Å². The third-order valence-corrected chi connectivity index (χ3v) is 6.07. The molecule has 2 aromatic rings. The molecular weight excluding hydrogens is 322 g/mol. The summed E-state index contributed by atoms with van der Waals surface area (Å²) in [6.07, 6.45) is 0.911. The standard InChI is InChI=1S/C19H21NO3S/c1-3-16-12(2)9-17(24-16)18(21)20-10-14(15(11-20)19(22)23)13-7-5-4-6-8-13/h4-9,14-15H,3,10-11H2,1-2H3,(H,22,23)/t14-,15-/m0/s1. The molecule has 1 saturated heterocycles. The van der Waals surface area contributed by atoms with Gasteiger partial charge in [-0.2, -0.15) is 0 Å². The maximum absolute atomic E-state index is 12.8. The lowest BCUT2D eigenvalue weighted by molar-refractivity contribution is -0.141. The summed E-state index contributed by atoms with van der Waals surface area (Å²) in [5, 5.41) is 9.57. The van der Waals surface area contributed by atoms with Gasteiger partial charge in [-0.15, -0.1) is 11.3 Å². The maximum Gasteiger partial charge on any atom is 0.308 e. The van der Waals surface area contributed by atoms with Gasteiger partial charge in [0.25, 0.3) is 5.91 Å². The number of carboxylic acid groups (broad SMARTS) is 1. The normalized spacial score (nSPS) is 20.3. The van der Waals surface area contributed by atoms with Gasteiger partial charge in [-0.3, -0.25) is 9.59 Å². The molecule has 0 unspecified atom stereocenters. The second-order valence-electron chi connectivity index (χ2n) is 6.24. The molecular formula is C19H21NO3S. The molecule has 2 heterocycles. The molecule has 4 nitrogen and oxygen atoms in total. The van der Waals surface area contributed by atoms with E-state index in [-0.39, 0.29) is 18.4 Å². The Labute approximate surface area is 145 Å². The number of thiophene rings is 1. The lowest BCUT2D eigenvalue weighted by atomic mass is 9.89. The number of rotatable bonds is 4. The monoisotopic (exact) mass is 343 g/mol. The van der Waals surface area contributed by atoms with Crippen molar-refractivity contribution in [3.05, 3.63) is 57.3 Å². The second kappa shape index (κ2) is 6.77. The van der Waals surface area contributed by atoms with Crippen molar-refractivity contribution in [2.24, 2.45) is 5.92 Å². The Morgan fingerprint density at radius 3 is 2.54 bits per heavy atom. The van der Waals surface area contributed by atoms with Crippen molar-refractivity contribution >= 4 is 23.2 Å². The number of aryl methyl sites for hydroxylation is 2. The number of aliphatic carboxylic acids is 1. The first-order chi connectivity index (χ1) is 11.5. The van der Waals surface area contributed by atoms with Crippen LogP contribution in [-0.2, 0) is 11.2 Å². The molecule has 1 amide bonds. The highest BCUT2D eigenvalue weighted by molar-refractivity contribution is 7.14. The van der Waals surface area contributed by atoms with E-state index < -0.39 is 11.9 Å². The molecule has 1 aliphatic rings. The maximum atomic E-state index is 12.8. The van der Waals surface area contributed by atoms with Gasteiger partial charge in [0, 0.05) is 23.9 Å². The molecule has 2 atom stereocenters. The minimum Gasteiger partial charge on any atom is -0.481 e. The Kier molecular flexibility index (Phi) is 4.71. The smallest absolute Gasteiger partial charge is 0.308 e. The summed E-state index contributed by atoms with van der Waals surface area (Å²) < 4.78 is 0. The number of carboxylic acids is 1. The highest BCUT2D eigenvalue weighted by Crippen LogP contribution is 2.34. The van der Waals surface area contributed by atoms with Gasteiger partial charge in [0.15, 0.2) is 0 Å². The van der Waals surface area contributed by atoms with Crippen LogP contribution in [0.5, 0.6) is 0 Å². The van der Waals surface area contributed by atoms with Crippen LogP contribution in [0.2, 0.25) is 0 Å². The SMILES string of the molecule is CCc1sc(C(=O)N2C[C@H](C(=O)O)[C@H](c3ccccc3)C2)cc1C. The average molecular weight is 343 g/mol. The van der Waals surface area contributed by atoms with Crippen LogP contribution in [0.25, 0.3) is 0 Å². The molecule has 0 saturated carbocycles. The molecule has 5 heteroatoms. The number of carbonyl (C=O) groups is 2. The minimum absolute atomic E-state index is 0.0486. The van der Waals surface area contributed by atoms with Crippen LogP contribution in [0.3, 0.4) is 0 Å². The zero-order valence-electron chi connectivity index (χ0n) is 13.9. The van der Waals surface area contributed by atoms with E-state index in [2.05, 4.69) is 6.92 Å². The Morgan fingerprint density at radius 2 is 1.96 bits per heavy atom. The topological polar surface area (TPSA) is 57.6 Å². The molecule has 1 fully saturated rings. The van der Waals surface area contributed by atoms with E-state index in [1.807, 2.05) is 43.3 Å². The first-order valence-electron chi connectivity index (χ1n) is 8.17. The lowest BCUT2D eigenvalue weighted by Crippen LogP contribution is -2.29. The van der Waals surface area contributed by atoms with Gasteiger partial charge in [-0.05, 0) is 30.5 Å². The van der Waals surface area contributed by atoms with Gasteiger partial charge in [0.2, 0.25) is 0 Å². The second-order valence-corrected chi connectivity index (χ2v) is 7.38. The van der Waals surface area contributed by atoms with E-state index in [4.69, 9.17) is 0 Å². The Morgan fingerprint density at radius 1 is 1.25 bits per heavy atom. The van der Waals surface area contributed by atoms with E-state index in [1.165, 1.54) is 16.2 Å². The van der Waals surface area contributed by atoms with Crippen molar-refractivity contribution in [2.45, 2.75) is 26.2 Å². The van der Waals surface area contributed by atoms with Crippen molar-refractivity contribution in [1.82, 2.24) is 4.90 Å². The van der Waals surface area contributed by atoms with Crippen LogP contribution >= 0.6 is 11.3 Å². The third-order valence-electron chi connectivity index (χ3n) is 4.70. The third kappa shape index (κ3) is 3.08. The van der Waals surface area contributed by atoms with Crippen LogP contribution in [0.4, 0.5) is 0 Å². The Hall–Kier alpha value is -2.14. The first-order valence-corrected chi connectivity index (χ1v) is 8.99. The van der Waals surface area contributed by atoms with Crippen LogP contribution in [0.15, 0.2) is 36.4 Å². The summed E-state index contributed by atoms with van der Waals surface area (Å²) in [5.41, 5.74) is 2.12. The average Bonchev–Trinajstić information content (AvgIpc) is 3.19. The fraction of sp³-hybridized carbons (Fsp3) is 0.368.